The van der Waals surface area contributed by atoms with Crippen molar-refractivity contribution >= 4 is 11.8 Å². The van der Waals surface area contributed by atoms with E-state index in [1.54, 1.807) is 13.8 Å². The molecular formula is C9H15N3O2. The van der Waals surface area contributed by atoms with Crippen LogP contribution < -0.4 is 11.1 Å². The van der Waals surface area contributed by atoms with Gasteiger partial charge >= 0.3 is 0 Å². The third-order valence-corrected chi connectivity index (χ3v) is 2.28. The molecular weight excluding hydrogens is 182 g/mol. The molecule has 0 fully saturated rings. The van der Waals surface area contributed by atoms with Gasteiger partial charge in [-0.05, 0) is 12.8 Å². The maximum Gasteiger partial charge on any atom is 0.240 e. The molecule has 0 rings (SSSR count). The second-order valence-electron chi connectivity index (χ2n) is 3.05. The number of primary amides is 1. The van der Waals surface area contributed by atoms with Gasteiger partial charge in [0.15, 0.2) is 0 Å². The van der Waals surface area contributed by atoms with Gasteiger partial charge in [-0.25, -0.2) is 0 Å². The number of hydrogen-bond acceptors (Lipinski definition) is 3. The first-order valence-corrected chi connectivity index (χ1v) is 4.50. The Morgan fingerprint density at radius 3 is 2.21 bits per heavy atom. The molecule has 0 bridgehead atoms. The van der Waals surface area contributed by atoms with Gasteiger partial charge in [0, 0.05) is 0 Å². The summed E-state index contributed by atoms with van der Waals surface area (Å²) < 4.78 is 0. The van der Waals surface area contributed by atoms with Crippen molar-refractivity contribution in [3.8, 4) is 6.07 Å². The topological polar surface area (TPSA) is 96.0 Å². The molecule has 0 saturated heterocycles. The van der Waals surface area contributed by atoms with Gasteiger partial charge in [0.1, 0.15) is 5.41 Å². The van der Waals surface area contributed by atoms with Crippen LogP contribution in [0.2, 0.25) is 0 Å². The van der Waals surface area contributed by atoms with Crippen LogP contribution in [0, 0.1) is 16.7 Å². The van der Waals surface area contributed by atoms with E-state index >= 15 is 0 Å². The lowest BCUT2D eigenvalue weighted by atomic mass is 9.83. The molecule has 5 heteroatoms. The van der Waals surface area contributed by atoms with Crippen LogP contribution in [0.1, 0.15) is 26.7 Å². The van der Waals surface area contributed by atoms with Crippen molar-refractivity contribution in [2.24, 2.45) is 11.1 Å². The van der Waals surface area contributed by atoms with Crippen molar-refractivity contribution in [3.05, 3.63) is 0 Å². The molecule has 0 aliphatic rings. The van der Waals surface area contributed by atoms with Crippen LogP contribution in [0.3, 0.4) is 0 Å². The summed E-state index contributed by atoms with van der Waals surface area (Å²) in [6.07, 6.45) is 0.842. The molecule has 0 aromatic rings. The highest BCUT2D eigenvalue weighted by molar-refractivity contribution is 5.89. The van der Waals surface area contributed by atoms with Gasteiger partial charge < -0.3 is 11.1 Å². The van der Waals surface area contributed by atoms with Gasteiger partial charge in [-0.15, -0.1) is 0 Å². The number of nitrogens with zero attached hydrogens (tertiary/aromatic N) is 1. The van der Waals surface area contributed by atoms with Gasteiger partial charge in [0.25, 0.3) is 0 Å². The van der Waals surface area contributed by atoms with Gasteiger partial charge in [0.2, 0.25) is 11.8 Å². The summed E-state index contributed by atoms with van der Waals surface area (Å²) in [4.78, 5) is 21.9. The number of hydrogen-bond donors (Lipinski definition) is 2. The van der Waals surface area contributed by atoms with E-state index < -0.39 is 17.2 Å². The Kier molecular flexibility index (Phi) is 4.64. The summed E-state index contributed by atoms with van der Waals surface area (Å²) >= 11 is 0. The molecule has 0 unspecified atom stereocenters. The predicted molar refractivity (Wildman–Crippen MR) is 50.8 cm³/mol. The first kappa shape index (κ1) is 12.4. The van der Waals surface area contributed by atoms with Crippen molar-refractivity contribution in [1.82, 2.24) is 5.32 Å². The van der Waals surface area contributed by atoms with Gasteiger partial charge in [0.05, 0.1) is 12.6 Å². The van der Waals surface area contributed by atoms with Crippen LogP contribution in [-0.2, 0) is 9.59 Å². The Labute approximate surface area is 83.3 Å². The maximum absolute atomic E-state index is 11.5. The highest BCUT2D eigenvalue weighted by Crippen LogP contribution is 2.25. The molecule has 0 heterocycles. The maximum atomic E-state index is 11.5. The molecule has 3 N–H and O–H groups in total. The molecule has 2 amide bonds. The summed E-state index contributed by atoms with van der Waals surface area (Å²) in [6, 6.07) is 1.97. The molecule has 0 atom stereocenters. The first-order chi connectivity index (χ1) is 6.52. The summed E-state index contributed by atoms with van der Waals surface area (Å²) in [5, 5.41) is 11.2. The van der Waals surface area contributed by atoms with Crippen molar-refractivity contribution in [2.45, 2.75) is 26.7 Å². The minimum atomic E-state index is -1.03. The van der Waals surface area contributed by atoms with Crippen LogP contribution in [0.5, 0.6) is 0 Å². The third kappa shape index (κ3) is 2.73. The third-order valence-electron chi connectivity index (χ3n) is 2.28. The highest BCUT2D eigenvalue weighted by Gasteiger charge is 2.34. The quantitative estimate of drug-likeness (QED) is 0.645. The summed E-state index contributed by atoms with van der Waals surface area (Å²) in [5.74, 6) is -1.04. The van der Waals surface area contributed by atoms with Gasteiger partial charge in [-0.1, -0.05) is 13.8 Å². The standard InChI is InChI=1S/C9H15N3O2/c1-3-9(4-2,6-10)8(14)12-5-7(11)13/h3-5H2,1-2H3,(H2,11,13)(H,12,14). The Balaban J connectivity index is 4.47. The number of carbonyl (C=O) groups excluding carboxylic acids is 2. The van der Waals surface area contributed by atoms with Crippen LogP contribution >= 0.6 is 0 Å². The molecule has 0 radical (unpaired) electrons. The van der Waals surface area contributed by atoms with Crippen molar-refractivity contribution in [3.63, 3.8) is 0 Å². The monoisotopic (exact) mass is 197 g/mol. The largest absolute Gasteiger partial charge is 0.368 e. The zero-order valence-corrected chi connectivity index (χ0v) is 8.46. The summed E-state index contributed by atoms with van der Waals surface area (Å²) in [6.45, 7) is 3.30. The Morgan fingerprint density at radius 2 is 1.93 bits per heavy atom. The number of nitrogens with one attached hydrogen (secondary N) is 1. The average Bonchev–Trinajstić information content (AvgIpc) is 2.18. The molecule has 0 aliphatic carbocycles. The normalized spacial score (nSPS) is 10.4. The molecule has 0 saturated carbocycles. The Morgan fingerprint density at radius 1 is 1.43 bits per heavy atom. The first-order valence-electron chi connectivity index (χ1n) is 4.50. The summed E-state index contributed by atoms with van der Waals surface area (Å²) in [5.41, 5.74) is 3.84. The minimum Gasteiger partial charge on any atom is -0.368 e. The van der Waals surface area contributed by atoms with E-state index in [9.17, 15) is 9.59 Å². The zero-order valence-electron chi connectivity index (χ0n) is 8.46. The average molecular weight is 197 g/mol. The molecule has 0 aromatic carbocycles. The Bertz CT molecular complexity index is 264. The molecule has 0 aromatic heterocycles. The second-order valence-corrected chi connectivity index (χ2v) is 3.05. The fourth-order valence-electron chi connectivity index (χ4n) is 1.12. The van der Waals surface area contributed by atoms with E-state index in [0.29, 0.717) is 12.8 Å². The predicted octanol–water partition coefficient (Wildman–Crippen LogP) is -0.0821. The number of nitrogens with two attached hydrogens (primary N) is 1. The number of rotatable bonds is 5. The Hall–Kier alpha value is -1.57. The van der Waals surface area contributed by atoms with E-state index in [-0.39, 0.29) is 6.54 Å². The number of amides is 2. The van der Waals surface area contributed by atoms with Crippen molar-refractivity contribution < 1.29 is 9.59 Å². The van der Waals surface area contributed by atoms with Crippen molar-refractivity contribution in [1.29, 1.82) is 5.26 Å². The van der Waals surface area contributed by atoms with Crippen molar-refractivity contribution in [2.75, 3.05) is 6.54 Å². The van der Waals surface area contributed by atoms with E-state index in [1.165, 1.54) is 0 Å². The van der Waals surface area contributed by atoms with Crippen LogP contribution in [0.15, 0.2) is 0 Å². The smallest absolute Gasteiger partial charge is 0.240 e. The van der Waals surface area contributed by atoms with Crippen LogP contribution in [0.25, 0.3) is 0 Å². The lowest BCUT2D eigenvalue weighted by Gasteiger charge is -2.21. The van der Waals surface area contributed by atoms with Crippen LogP contribution in [-0.4, -0.2) is 18.4 Å². The zero-order chi connectivity index (χ0) is 11.2. The molecule has 14 heavy (non-hydrogen) atoms. The van der Waals surface area contributed by atoms with E-state index in [1.807, 2.05) is 6.07 Å². The minimum absolute atomic E-state index is 0.220. The van der Waals surface area contributed by atoms with E-state index in [2.05, 4.69) is 5.32 Å². The van der Waals surface area contributed by atoms with Gasteiger partial charge in [-0.3, -0.25) is 9.59 Å². The van der Waals surface area contributed by atoms with E-state index in [0.717, 1.165) is 0 Å². The number of carbonyl (C=O) groups is 2. The SMILES string of the molecule is CCC(C#N)(CC)C(=O)NCC(N)=O. The second kappa shape index (κ2) is 5.22. The molecule has 0 spiro atoms. The molecule has 78 valence electrons. The fraction of sp³-hybridized carbons (Fsp3) is 0.667. The fourth-order valence-corrected chi connectivity index (χ4v) is 1.12. The lowest BCUT2D eigenvalue weighted by molar-refractivity contribution is -0.130. The highest BCUT2D eigenvalue weighted by atomic mass is 16.2. The summed E-state index contributed by atoms with van der Waals surface area (Å²) in [7, 11) is 0. The lowest BCUT2D eigenvalue weighted by Crippen LogP contribution is -2.43. The van der Waals surface area contributed by atoms with Crippen LogP contribution in [0.4, 0.5) is 0 Å². The van der Waals surface area contributed by atoms with E-state index in [4.69, 9.17) is 11.0 Å². The molecule has 0 aliphatic heterocycles. The number of nitriles is 1. The molecule has 5 nitrogen and oxygen atoms in total. The van der Waals surface area contributed by atoms with Gasteiger partial charge in [-0.2, -0.15) is 5.26 Å².